The van der Waals surface area contributed by atoms with Crippen LogP contribution in [0.4, 0.5) is 0 Å². The number of aryl methyl sites for hydroxylation is 1. The summed E-state index contributed by atoms with van der Waals surface area (Å²) in [5, 5.41) is 0. The lowest BCUT2D eigenvalue weighted by Crippen LogP contribution is -2.38. The average Bonchev–Trinajstić information content (AvgIpc) is 2.33. The van der Waals surface area contributed by atoms with E-state index in [4.69, 9.17) is 4.74 Å². The zero-order valence-electron chi connectivity index (χ0n) is 9.93. The van der Waals surface area contributed by atoms with Crippen molar-refractivity contribution in [2.75, 3.05) is 19.9 Å². The number of hydrogen-bond acceptors (Lipinski definition) is 3. The van der Waals surface area contributed by atoms with Gasteiger partial charge in [-0.1, -0.05) is 24.3 Å². The van der Waals surface area contributed by atoms with Gasteiger partial charge in [0.2, 0.25) is 10.0 Å². The van der Waals surface area contributed by atoms with Crippen LogP contribution in [0.25, 0.3) is 0 Å². The van der Waals surface area contributed by atoms with Crippen LogP contribution in [0.3, 0.4) is 0 Å². The van der Waals surface area contributed by atoms with Crippen LogP contribution in [-0.4, -0.2) is 32.6 Å². The fourth-order valence-corrected chi connectivity index (χ4v) is 3.39. The van der Waals surface area contributed by atoms with Crippen molar-refractivity contribution < 1.29 is 13.2 Å². The topological polar surface area (TPSA) is 46.6 Å². The van der Waals surface area contributed by atoms with Crippen LogP contribution in [0.15, 0.2) is 24.3 Å². The Morgan fingerprint density at radius 1 is 1.35 bits per heavy atom. The number of nitrogens with zero attached hydrogens (tertiary/aromatic N) is 1. The Labute approximate surface area is 102 Å². The standard InChI is InChI=1S/C12H17NO3S/c1-11-5-2-3-6-12(11)9-17(14,15)13-7-4-8-16-10-13/h2-3,5-6H,4,7-10H2,1H3. The molecule has 0 spiro atoms. The molecule has 1 saturated heterocycles. The fraction of sp³-hybridized carbons (Fsp3) is 0.500. The monoisotopic (exact) mass is 255 g/mol. The second kappa shape index (κ2) is 5.16. The first-order valence-electron chi connectivity index (χ1n) is 5.70. The van der Waals surface area contributed by atoms with E-state index in [1.165, 1.54) is 4.31 Å². The third kappa shape index (κ3) is 3.06. The van der Waals surface area contributed by atoms with Gasteiger partial charge in [-0.15, -0.1) is 0 Å². The Kier molecular flexibility index (Phi) is 3.81. The molecule has 94 valence electrons. The molecule has 0 bridgehead atoms. The molecule has 1 aliphatic heterocycles. The molecule has 1 fully saturated rings. The summed E-state index contributed by atoms with van der Waals surface area (Å²) >= 11 is 0. The molecule has 0 aromatic heterocycles. The third-order valence-corrected chi connectivity index (χ3v) is 4.67. The zero-order valence-corrected chi connectivity index (χ0v) is 10.7. The van der Waals surface area contributed by atoms with E-state index in [0.29, 0.717) is 13.2 Å². The minimum Gasteiger partial charge on any atom is -0.365 e. The highest BCUT2D eigenvalue weighted by atomic mass is 32.2. The van der Waals surface area contributed by atoms with Crippen molar-refractivity contribution in [3.05, 3.63) is 35.4 Å². The normalized spacial score (nSPS) is 18.2. The van der Waals surface area contributed by atoms with Gasteiger partial charge in [-0.2, -0.15) is 4.31 Å². The van der Waals surface area contributed by atoms with E-state index in [1.54, 1.807) is 0 Å². The van der Waals surface area contributed by atoms with Crippen LogP contribution >= 0.6 is 0 Å². The molecule has 1 aromatic rings. The Hall–Kier alpha value is -0.910. The van der Waals surface area contributed by atoms with Gasteiger partial charge in [-0.25, -0.2) is 8.42 Å². The van der Waals surface area contributed by atoms with Gasteiger partial charge in [0.25, 0.3) is 0 Å². The molecule has 0 radical (unpaired) electrons. The van der Waals surface area contributed by atoms with Crippen molar-refractivity contribution in [2.24, 2.45) is 0 Å². The van der Waals surface area contributed by atoms with Gasteiger partial charge in [0.05, 0.1) is 5.75 Å². The van der Waals surface area contributed by atoms with Gasteiger partial charge < -0.3 is 4.74 Å². The molecule has 1 aromatic carbocycles. The van der Waals surface area contributed by atoms with Gasteiger partial charge in [-0.05, 0) is 24.5 Å². The molecular formula is C12H17NO3S. The maximum absolute atomic E-state index is 12.2. The highest BCUT2D eigenvalue weighted by Gasteiger charge is 2.24. The highest BCUT2D eigenvalue weighted by molar-refractivity contribution is 7.88. The van der Waals surface area contributed by atoms with Gasteiger partial charge >= 0.3 is 0 Å². The van der Waals surface area contributed by atoms with Crippen molar-refractivity contribution in [3.8, 4) is 0 Å². The summed E-state index contributed by atoms with van der Waals surface area (Å²) in [7, 11) is -3.25. The predicted molar refractivity (Wildman–Crippen MR) is 65.9 cm³/mol. The maximum atomic E-state index is 12.2. The molecule has 0 atom stereocenters. The van der Waals surface area contributed by atoms with E-state index in [9.17, 15) is 8.42 Å². The number of ether oxygens (including phenoxy) is 1. The second-order valence-electron chi connectivity index (χ2n) is 4.25. The molecule has 0 aliphatic carbocycles. The van der Waals surface area contributed by atoms with Crippen molar-refractivity contribution in [1.29, 1.82) is 0 Å². The molecule has 0 unspecified atom stereocenters. The summed E-state index contributed by atoms with van der Waals surface area (Å²) in [4.78, 5) is 0. The number of sulfonamides is 1. The maximum Gasteiger partial charge on any atom is 0.220 e. The quantitative estimate of drug-likeness (QED) is 0.822. The lowest BCUT2D eigenvalue weighted by Gasteiger charge is -2.26. The molecule has 0 saturated carbocycles. The smallest absolute Gasteiger partial charge is 0.220 e. The molecule has 1 aliphatic rings. The second-order valence-corrected chi connectivity index (χ2v) is 6.22. The average molecular weight is 255 g/mol. The molecule has 1 heterocycles. The number of rotatable bonds is 3. The molecule has 4 nitrogen and oxygen atoms in total. The first kappa shape index (κ1) is 12.5. The van der Waals surface area contributed by atoms with Crippen LogP contribution in [0, 0.1) is 6.92 Å². The molecule has 5 heteroatoms. The Morgan fingerprint density at radius 2 is 2.12 bits per heavy atom. The minimum atomic E-state index is -3.25. The van der Waals surface area contributed by atoms with Crippen molar-refractivity contribution >= 4 is 10.0 Å². The number of benzene rings is 1. The van der Waals surface area contributed by atoms with E-state index < -0.39 is 10.0 Å². The Morgan fingerprint density at radius 3 is 2.76 bits per heavy atom. The van der Waals surface area contributed by atoms with E-state index >= 15 is 0 Å². The molecule has 0 N–H and O–H groups in total. The molecular weight excluding hydrogens is 238 g/mol. The zero-order chi connectivity index (χ0) is 12.3. The van der Waals surface area contributed by atoms with Crippen LogP contribution < -0.4 is 0 Å². The van der Waals surface area contributed by atoms with E-state index in [0.717, 1.165) is 17.5 Å². The molecule has 17 heavy (non-hydrogen) atoms. The first-order valence-corrected chi connectivity index (χ1v) is 7.30. The van der Waals surface area contributed by atoms with Gasteiger partial charge in [0.1, 0.15) is 6.73 Å². The van der Waals surface area contributed by atoms with Crippen molar-refractivity contribution in [3.63, 3.8) is 0 Å². The summed E-state index contributed by atoms with van der Waals surface area (Å²) in [6, 6.07) is 7.56. The van der Waals surface area contributed by atoms with Gasteiger partial charge in [0, 0.05) is 13.2 Å². The number of hydrogen-bond donors (Lipinski definition) is 0. The fourth-order valence-electron chi connectivity index (χ4n) is 1.85. The van der Waals surface area contributed by atoms with Crippen LogP contribution in [0.5, 0.6) is 0 Å². The Balaban J connectivity index is 2.14. The summed E-state index contributed by atoms with van der Waals surface area (Å²) in [6.45, 7) is 3.33. The van der Waals surface area contributed by atoms with Gasteiger partial charge in [-0.3, -0.25) is 0 Å². The molecule has 2 rings (SSSR count). The predicted octanol–water partition coefficient (Wildman–Crippen LogP) is 1.50. The van der Waals surface area contributed by atoms with E-state index in [2.05, 4.69) is 0 Å². The van der Waals surface area contributed by atoms with E-state index in [-0.39, 0.29) is 12.5 Å². The van der Waals surface area contributed by atoms with E-state index in [1.807, 2.05) is 31.2 Å². The summed E-state index contributed by atoms with van der Waals surface area (Å²) in [6.07, 6.45) is 0.771. The van der Waals surface area contributed by atoms with Crippen molar-refractivity contribution in [1.82, 2.24) is 4.31 Å². The van der Waals surface area contributed by atoms with Gasteiger partial charge in [0.15, 0.2) is 0 Å². The highest BCUT2D eigenvalue weighted by Crippen LogP contribution is 2.16. The Bertz CT molecular complexity index is 478. The largest absolute Gasteiger partial charge is 0.365 e. The summed E-state index contributed by atoms with van der Waals surface area (Å²) in [5.41, 5.74) is 1.87. The lowest BCUT2D eigenvalue weighted by molar-refractivity contribution is 0.0312. The van der Waals surface area contributed by atoms with Crippen LogP contribution in [-0.2, 0) is 20.5 Å². The van der Waals surface area contributed by atoms with Crippen LogP contribution in [0.1, 0.15) is 17.5 Å². The first-order chi connectivity index (χ1) is 8.09. The van der Waals surface area contributed by atoms with Crippen LogP contribution in [0.2, 0.25) is 0 Å². The lowest BCUT2D eigenvalue weighted by atomic mass is 10.1. The van der Waals surface area contributed by atoms with Crippen molar-refractivity contribution in [2.45, 2.75) is 19.1 Å². The minimum absolute atomic E-state index is 0.0586. The summed E-state index contributed by atoms with van der Waals surface area (Å²) in [5.74, 6) is 0.0586. The third-order valence-electron chi connectivity index (χ3n) is 2.92. The summed E-state index contributed by atoms with van der Waals surface area (Å²) < 4.78 is 30.9. The molecule has 0 amide bonds. The SMILES string of the molecule is Cc1ccccc1CS(=O)(=O)N1CCCOC1.